The van der Waals surface area contributed by atoms with Gasteiger partial charge in [-0.2, -0.15) is 0 Å². The van der Waals surface area contributed by atoms with Crippen LogP contribution in [0.2, 0.25) is 0 Å². The molecule has 0 saturated carbocycles. The van der Waals surface area contributed by atoms with Gasteiger partial charge in [0.2, 0.25) is 0 Å². The Morgan fingerprint density at radius 3 is 1.64 bits per heavy atom. The minimum absolute atomic E-state index is 0.0474. The summed E-state index contributed by atoms with van der Waals surface area (Å²) in [4.78, 5) is 11.9. The number of nitrogens with zero attached hydrogens (tertiary/aromatic N) is 1. The first kappa shape index (κ1) is 25.4. The summed E-state index contributed by atoms with van der Waals surface area (Å²) in [6, 6.07) is 34.4. The number of benzene rings is 4. The molecule has 0 bridgehead atoms. The van der Waals surface area contributed by atoms with E-state index < -0.39 is 18.0 Å². The van der Waals surface area contributed by atoms with Gasteiger partial charge in [-0.15, -0.1) is 0 Å². The average molecular weight is 525 g/mol. The third-order valence-electron chi connectivity index (χ3n) is 6.09. The zero-order valence-corrected chi connectivity index (χ0v) is 20.6. The van der Waals surface area contributed by atoms with Crippen LogP contribution in [-0.2, 0) is 11.0 Å². The van der Waals surface area contributed by atoms with Crippen molar-refractivity contribution in [2.45, 2.75) is 12.3 Å². The number of nitriles is 1. The second-order valence-electron chi connectivity index (χ2n) is 8.28. The van der Waals surface area contributed by atoms with Crippen molar-refractivity contribution >= 4 is 44.7 Å². The molecule has 0 spiro atoms. The average Bonchev–Trinajstić information content (AvgIpc) is 2.90. The number of amides is 1. The summed E-state index contributed by atoms with van der Waals surface area (Å²) in [7, 11) is 0. The van der Waals surface area contributed by atoms with Crippen molar-refractivity contribution in [3.63, 3.8) is 0 Å². The Morgan fingerprint density at radius 2 is 1.25 bits per heavy atom. The molecule has 0 unspecified atom stereocenters. The maximum absolute atomic E-state index is 13.1. The van der Waals surface area contributed by atoms with E-state index in [-0.39, 0.29) is 17.4 Å². The normalized spacial score (nSPS) is 12.7. The zero-order chi connectivity index (χ0) is 25.8. The topological polar surface area (TPSA) is 52.9 Å². The standard InChI is InChI=1S/C28H21ClF3N2OP/c29-36(23-10-4-1-5-11-23,24-12-6-2-7-13-24,25-14-8-3-9-15-25)20-22-18-21(19-33)16-17-26(22)34-27(35)28(30,31)32/h1-18H,20H2,(H,34,35). The van der Waals surface area contributed by atoms with E-state index in [2.05, 4.69) is 0 Å². The van der Waals surface area contributed by atoms with Crippen LogP contribution in [0, 0.1) is 11.3 Å². The molecule has 0 aliphatic rings. The Bertz CT molecular complexity index is 1320. The summed E-state index contributed by atoms with van der Waals surface area (Å²) in [5.74, 6) is -6.02. The van der Waals surface area contributed by atoms with Crippen LogP contribution in [0.15, 0.2) is 109 Å². The van der Waals surface area contributed by atoms with Crippen LogP contribution in [0.1, 0.15) is 11.1 Å². The SMILES string of the molecule is N#Cc1ccc(NC(=O)C(F)(F)F)c(CP(Cl)(c2ccccc2)(c2ccccc2)c2ccccc2)c1. The van der Waals surface area contributed by atoms with Crippen molar-refractivity contribution in [3.05, 3.63) is 120 Å². The predicted octanol–water partition coefficient (Wildman–Crippen LogP) is 6.24. The van der Waals surface area contributed by atoms with E-state index in [1.54, 1.807) is 0 Å². The molecule has 4 aromatic carbocycles. The van der Waals surface area contributed by atoms with E-state index >= 15 is 0 Å². The van der Waals surface area contributed by atoms with Crippen molar-refractivity contribution in [1.82, 2.24) is 0 Å². The third kappa shape index (κ3) is 4.60. The quantitative estimate of drug-likeness (QED) is 0.303. The predicted molar refractivity (Wildman–Crippen MR) is 141 cm³/mol. The van der Waals surface area contributed by atoms with Gasteiger partial charge in [0.1, 0.15) is 0 Å². The van der Waals surface area contributed by atoms with Crippen LogP contribution < -0.4 is 21.2 Å². The molecule has 0 aliphatic carbocycles. The van der Waals surface area contributed by atoms with Crippen LogP contribution in [0.25, 0.3) is 0 Å². The number of carbonyl (C=O) groups is 1. The molecule has 0 heterocycles. The molecule has 0 aromatic heterocycles. The number of alkyl halides is 3. The van der Waals surface area contributed by atoms with Crippen molar-refractivity contribution in [2.24, 2.45) is 0 Å². The number of nitrogens with one attached hydrogen (secondary N) is 1. The van der Waals surface area contributed by atoms with Crippen LogP contribution in [0.5, 0.6) is 0 Å². The molecule has 0 aliphatic heterocycles. The van der Waals surface area contributed by atoms with E-state index in [0.717, 1.165) is 15.9 Å². The second kappa shape index (κ2) is 9.78. The van der Waals surface area contributed by atoms with Crippen LogP contribution in [0.4, 0.5) is 18.9 Å². The van der Waals surface area contributed by atoms with Gasteiger partial charge in [-0.3, -0.25) is 0 Å². The fourth-order valence-corrected chi connectivity index (χ4v) is 10.5. The maximum atomic E-state index is 13.1. The number of hydrogen-bond acceptors (Lipinski definition) is 2. The first-order valence-corrected chi connectivity index (χ1v) is 14.3. The molecule has 0 saturated heterocycles. The van der Waals surface area contributed by atoms with E-state index in [1.165, 1.54) is 18.2 Å². The monoisotopic (exact) mass is 524 g/mol. The van der Waals surface area contributed by atoms with E-state index in [0.29, 0.717) is 5.56 Å². The van der Waals surface area contributed by atoms with Gasteiger partial charge in [0.15, 0.2) is 0 Å². The summed E-state index contributed by atoms with van der Waals surface area (Å²) in [6.07, 6.45) is -5.01. The number of halogens is 4. The molecular formula is C28H21ClF3N2OP. The number of hydrogen-bond donors (Lipinski definition) is 1. The fraction of sp³-hybridized carbons (Fsp3) is 0.0714. The van der Waals surface area contributed by atoms with Gasteiger partial charge in [0.25, 0.3) is 0 Å². The molecule has 3 nitrogen and oxygen atoms in total. The van der Waals surface area contributed by atoms with Crippen molar-refractivity contribution in [3.8, 4) is 6.07 Å². The Balaban J connectivity index is 2.05. The van der Waals surface area contributed by atoms with Crippen LogP contribution in [0.3, 0.4) is 0 Å². The van der Waals surface area contributed by atoms with Crippen molar-refractivity contribution in [1.29, 1.82) is 5.26 Å². The zero-order valence-electron chi connectivity index (χ0n) is 18.9. The summed E-state index contributed by atoms with van der Waals surface area (Å²) in [5.41, 5.74) is 0.524. The van der Waals surface area contributed by atoms with Gasteiger partial charge in [-0.25, -0.2) is 0 Å². The molecule has 0 atom stereocenters. The van der Waals surface area contributed by atoms with Gasteiger partial charge in [0, 0.05) is 0 Å². The molecule has 4 rings (SSSR count). The molecule has 36 heavy (non-hydrogen) atoms. The Morgan fingerprint density at radius 1 is 0.806 bits per heavy atom. The van der Waals surface area contributed by atoms with Gasteiger partial charge < -0.3 is 0 Å². The molecule has 4 aromatic rings. The van der Waals surface area contributed by atoms with Crippen molar-refractivity contribution < 1.29 is 18.0 Å². The Kier molecular flexibility index (Phi) is 6.91. The van der Waals surface area contributed by atoms with Gasteiger partial charge in [-0.05, 0) is 0 Å². The van der Waals surface area contributed by atoms with Gasteiger partial charge >= 0.3 is 212 Å². The third-order valence-corrected chi connectivity index (χ3v) is 13.3. The van der Waals surface area contributed by atoms with Crippen LogP contribution in [-0.4, -0.2) is 12.1 Å². The summed E-state index contributed by atoms with van der Waals surface area (Å²) < 4.78 is 39.4. The molecule has 1 N–H and O–H groups in total. The summed E-state index contributed by atoms with van der Waals surface area (Å²) in [5, 5.41) is 13.9. The van der Waals surface area contributed by atoms with Gasteiger partial charge in [-0.1, -0.05) is 0 Å². The van der Waals surface area contributed by atoms with E-state index in [4.69, 9.17) is 11.2 Å². The minimum atomic E-state index is -5.07. The Hall–Kier alpha value is -3.65. The van der Waals surface area contributed by atoms with E-state index in [1.807, 2.05) is 102 Å². The number of carbonyl (C=O) groups excluding carboxylic acids is 1. The molecule has 8 heteroatoms. The first-order chi connectivity index (χ1) is 17.2. The summed E-state index contributed by atoms with van der Waals surface area (Å²) >= 11 is 8.02. The molecule has 0 fully saturated rings. The first-order valence-electron chi connectivity index (χ1n) is 11.0. The fourth-order valence-electron chi connectivity index (χ4n) is 4.37. The number of rotatable bonds is 6. The van der Waals surface area contributed by atoms with Gasteiger partial charge in [0.05, 0.1) is 0 Å². The van der Waals surface area contributed by atoms with E-state index in [9.17, 15) is 23.2 Å². The second-order valence-corrected chi connectivity index (χ2v) is 14.8. The Labute approximate surface area is 211 Å². The van der Waals surface area contributed by atoms with Crippen LogP contribution >= 0.6 is 17.2 Å². The summed E-state index contributed by atoms with van der Waals surface area (Å²) in [6.45, 7) is 0. The molecule has 182 valence electrons. The molecule has 0 radical (unpaired) electrons. The molecular weight excluding hydrogens is 504 g/mol. The van der Waals surface area contributed by atoms with Crippen molar-refractivity contribution in [2.75, 3.05) is 5.32 Å². The number of anilines is 1. The molecule has 1 amide bonds.